The molecule has 8 nitrogen and oxygen atoms in total. The van der Waals surface area contributed by atoms with E-state index in [0.29, 0.717) is 10.4 Å². The molecule has 120 valence electrons. The zero-order valence-electron chi connectivity index (χ0n) is 12.3. The van der Waals surface area contributed by atoms with Crippen molar-refractivity contribution >= 4 is 33.6 Å². The molecule has 0 aliphatic carbocycles. The molecule has 0 spiro atoms. The SMILES string of the molecule is COC(=O)/C=C(/Nc1ccc(-n2cnc(Br)n2)cc1)C(=O)OC. The maximum Gasteiger partial charge on any atom is 0.354 e. The third kappa shape index (κ3) is 4.39. The fraction of sp³-hybridized carbons (Fsp3) is 0.143. The zero-order valence-corrected chi connectivity index (χ0v) is 13.9. The van der Waals surface area contributed by atoms with Gasteiger partial charge in [0.05, 0.1) is 26.0 Å². The van der Waals surface area contributed by atoms with Crippen LogP contribution in [0.2, 0.25) is 0 Å². The van der Waals surface area contributed by atoms with Gasteiger partial charge in [0.25, 0.3) is 0 Å². The molecule has 0 amide bonds. The van der Waals surface area contributed by atoms with Gasteiger partial charge in [-0.3, -0.25) is 0 Å². The minimum Gasteiger partial charge on any atom is -0.466 e. The molecule has 0 unspecified atom stereocenters. The number of nitrogens with one attached hydrogen (secondary N) is 1. The molecule has 0 radical (unpaired) electrons. The van der Waals surface area contributed by atoms with E-state index in [9.17, 15) is 9.59 Å². The van der Waals surface area contributed by atoms with Crippen molar-refractivity contribution < 1.29 is 19.1 Å². The second-order valence-corrected chi connectivity index (χ2v) is 4.91. The summed E-state index contributed by atoms with van der Waals surface area (Å²) in [4.78, 5) is 26.9. The number of ether oxygens (including phenoxy) is 2. The Morgan fingerprint density at radius 2 is 1.91 bits per heavy atom. The van der Waals surface area contributed by atoms with Crippen molar-refractivity contribution in [1.82, 2.24) is 14.8 Å². The molecule has 0 aliphatic heterocycles. The number of methoxy groups -OCH3 is 2. The lowest BCUT2D eigenvalue weighted by molar-refractivity contribution is -0.138. The highest BCUT2D eigenvalue weighted by Gasteiger charge is 2.12. The van der Waals surface area contributed by atoms with Gasteiger partial charge in [-0.05, 0) is 40.2 Å². The van der Waals surface area contributed by atoms with E-state index in [2.05, 4.69) is 40.8 Å². The Labute approximate surface area is 140 Å². The van der Waals surface area contributed by atoms with E-state index >= 15 is 0 Å². The highest BCUT2D eigenvalue weighted by molar-refractivity contribution is 9.10. The Bertz CT molecular complexity index is 739. The van der Waals surface area contributed by atoms with Crippen LogP contribution in [-0.2, 0) is 19.1 Å². The van der Waals surface area contributed by atoms with Gasteiger partial charge in [-0.1, -0.05) is 0 Å². The van der Waals surface area contributed by atoms with Gasteiger partial charge in [0.1, 0.15) is 12.0 Å². The van der Waals surface area contributed by atoms with E-state index in [1.165, 1.54) is 14.2 Å². The molecule has 1 N–H and O–H groups in total. The van der Waals surface area contributed by atoms with E-state index in [-0.39, 0.29) is 5.70 Å². The average Bonchev–Trinajstić information content (AvgIpc) is 3.00. The van der Waals surface area contributed by atoms with Gasteiger partial charge in [-0.15, -0.1) is 5.10 Å². The van der Waals surface area contributed by atoms with Crippen LogP contribution in [0, 0.1) is 0 Å². The normalized spacial score (nSPS) is 11.0. The number of benzene rings is 1. The van der Waals surface area contributed by atoms with Gasteiger partial charge >= 0.3 is 11.9 Å². The second-order valence-electron chi connectivity index (χ2n) is 4.20. The molecule has 23 heavy (non-hydrogen) atoms. The van der Waals surface area contributed by atoms with E-state index in [1.807, 2.05) is 0 Å². The van der Waals surface area contributed by atoms with Crippen LogP contribution in [0.25, 0.3) is 5.69 Å². The standard InChI is InChI=1S/C14H13BrN4O4/c1-22-12(20)7-11(13(21)23-2)17-9-3-5-10(6-4-9)19-8-16-14(15)18-19/h3-8,17H,1-2H3/b11-7+. The van der Waals surface area contributed by atoms with Crippen LogP contribution < -0.4 is 5.32 Å². The fourth-order valence-electron chi connectivity index (χ4n) is 1.65. The quantitative estimate of drug-likeness (QED) is 0.622. The first kappa shape index (κ1) is 16.7. The van der Waals surface area contributed by atoms with Crippen LogP contribution in [0.5, 0.6) is 0 Å². The van der Waals surface area contributed by atoms with Gasteiger partial charge in [-0.2, -0.15) is 0 Å². The Balaban J connectivity index is 2.19. The minimum absolute atomic E-state index is 0.0319. The average molecular weight is 381 g/mol. The predicted octanol–water partition coefficient (Wildman–Crippen LogP) is 1.67. The first-order chi connectivity index (χ1) is 11.0. The number of halogens is 1. The smallest absolute Gasteiger partial charge is 0.354 e. The molecule has 1 heterocycles. The van der Waals surface area contributed by atoms with Crippen LogP contribution in [0.4, 0.5) is 5.69 Å². The number of aromatic nitrogens is 3. The lowest BCUT2D eigenvalue weighted by Gasteiger charge is -2.09. The Morgan fingerprint density at radius 1 is 1.22 bits per heavy atom. The third-order valence-corrected chi connectivity index (χ3v) is 3.11. The largest absolute Gasteiger partial charge is 0.466 e. The van der Waals surface area contributed by atoms with Gasteiger partial charge in [0, 0.05) is 5.69 Å². The number of hydrogen-bond acceptors (Lipinski definition) is 7. The summed E-state index contributed by atoms with van der Waals surface area (Å²) in [5.41, 5.74) is 1.34. The topological polar surface area (TPSA) is 95.3 Å². The van der Waals surface area contributed by atoms with Crippen LogP contribution >= 0.6 is 15.9 Å². The number of anilines is 1. The number of hydrogen-bond donors (Lipinski definition) is 1. The maximum atomic E-state index is 11.7. The molecule has 2 rings (SSSR count). The van der Waals surface area contributed by atoms with Crippen molar-refractivity contribution in [1.29, 1.82) is 0 Å². The van der Waals surface area contributed by atoms with Crippen LogP contribution in [0.15, 0.2) is 47.1 Å². The molecule has 0 bridgehead atoms. The van der Waals surface area contributed by atoms with Crippen molar-refractivity contribution in [3.8, 4) is 5.69 Å². The summed E-state index contributed by atoms with van der Waals surface area (Å²) in [6.45, 7) is 0. The van der Waals surface area contributed by atoms with Gasteiger partial charge in [0.2, 0.25) is 4.73 Å². The fourth-order valence-corrected chi connectivity index (χ4v) is 1.92. The summed E-state index contributed by atoms with van der Waals surface area (Å²) in [5.74, 6) is -1.35. The van der Waals surface area contributed by atoms with E-state index in [0.717, 1.165) is 11.8 Å². The van der Waals surface area contributed by atoms with Gasteiger partial charge in [0.15, 0.2) is 0 Å². The zero-order chi connectivity index (χ0) is 16.8. The van der Waals surface area contributed by atoms with E-state index in [4.69, 9.17) is 0 Å². The second kappa shape index (κ2) is 7.54. The highest BCUT2D eigenvalue weighted by atomic mass is 79.9. The maximum absolute atomic E-state index is 11.7. The number of carbonyl (C=O) groups is 2. The monoisotopic (exact) mass is 380 g/mol. The molecule has 0 saturated heterocycles. The number of esters is 2. The number of rotatable bonds is 5. The lowest BCUT2D eigenvalue weighted by Crippen LogP contribution is -2.15. The molecule has 0 aliphatic rings. The summed E-state index contributed by atoms with van der Waals surface area (Å²) in [5, 5.41) is 6.93. The molecule has 1 aromatic carbocycles. The summed E-state index contributed by atoms with van der Waals surface area (Å²) >= 11 is 3.17. The molecule has 2 aromatic rings. The van der Waals surface area contributed by atoms with Crippen LogP contribution in [-0.4, -0.2) is 40.9 Å². The third-order valence-electron chi connectivity index (χ3n) is 2.74. The Morgan fingerprint density at radius 3 is 2.43 bits per heavy atom. The van der Waals surface area contributed by atoms with Crippen molar-refractivity contribution in [3.63, 3.8) is 0 Å². The highest BCUT2D eigenvalue weighted by Crippen LogP contribution is 2.15. The number of carbonyl (C=O) groups excluding carboxylic acids is 2. The van der Waals surface area contributed by atoms with Crippen molar-refractivity contribution in [2.45, 2.75) is 0 Å². The molecule has 0 saturated carbocycles. The molecular formula is C14H13BrN4O4. The Kier molecular flexibility index (Phi) is 5.47. The molecule has 0 atom stereocenters. The summed E-state index contributed by atoms with van der Waals surface area (Å²) < 4.78 is 11.2. The van der Waals surface area contributed by atoms with Crippen molar-refractivity contribution in [2.75, 3.05) is 19.5 Å². The number of nitrogens with zero attached hydrogens (tertiary/aromatic N) is 3. The van der Waals surface area contributed by atoms with Crippen molar-refractivity contribution in [3.05, 3.63) is 47.1 Å². The first-order valence-electron chi connectivity index (χ1n) is 6.36. The molecule has 9 heteroatoms. The van der Waals surface area contributed by atoms with Crippen LogP contribution in [0.3, 0.4) is 0 Å². The molecular weight excluding hydrogens is 368 g/mol. The minimum atomic E-state index is -0.681. The van der Waals surface area contributed by atoms with E-state index < -0.39 is 11.9 Å². The first-order valence-corrected chi connectivity index (χ1v) is 7.15. The Hall–Kier alpha value is -2.68. The molecule has 0 fully saturated rings. The summed E-state index contributed by atoms with van der Waals surface area (Å²) in [6, 6.07) is 6.99. The van der Waals surface area contributed by atoms with Crippen LogP contribution in [0.1, 0.15) is 0 Å². The van der Waals surface area contributed by atoms with E-state index in [1.54, 1.807) is 35.3 Å². The predicted molar refractivity (Wildman–Crippen MR) is 84.8 cm³/mol. The van der Waals surface area contributed by atoms with Gasteiger partial charge < -0.3 is 14.8 Å². The summed E-state index contributed by atoms with van der Waals surface area (Å²) in [7, 11) is 2.44. The summed E-state index contributed by atoms with van der Waals surface area (Å²) in [6.07, 6.45) is 2.58. The lowest BCUT2D eigenvalue weighted by atomic mass is 10.2. The molecule has 1 aromatic heterocycles. The van der Waals surface area contributed by atoms with Crippen molar-refractivity contribution in [2.24, 2.45) is 0 Å². The van der Waals surface area contributed by atoms with Gasteiger partial charge in [-0.25, -0.2) is 19.3 Å².